The van der Waals surface area contributed by atoms with Crippen molar-refractivity contribution in [1.82, 2.24) is 5.32 Å². The van der Waals surface area contributed by atoms with Crippen molar-refractivity contribution in [1.29, 1.82) is 0 Å². The first kappa shape index (κ1) is 17.9. The van der Waals surface area contributed by atoms with Crippen LogP contribution < -0.4 is 5.32 Å². The minimum absolute atomic E-state index is 0.159. The summed E-state index contributed by atoms with van der Waals surface area (Å²) in [5.41, 5.74) is 0. The molecule has 4 nitrogen and oxygen atoms in total. The minimum Gasteiger partial charge on any atom is -0.480 e. The molecule has 0 saturated heterocycles. The smallest absolute Gasteiger partial charge is 0.326 e. The highest BCUT2D eigenvalue weighted by Gasteiger charge is 2.19. The third-order valence-corrected chi connectivity index (χ3v) is 3.07. The summed E-state index contributed by atoms with van der Waals surface area (Å²) >= 11 is 0. The van der Waals surface area contributed by atoms with Gasteiger partial charge in [-0.15, -0.1) is 0 Å². The lowest BCUT2D eigenvalue weighted by Gasteiger charge is -2.15. The second kappa shape index (κ2) is 10.8. The number of hydrogen-bond acceptors (Lipinski definition) is 2. The summed E-state index contributed by atoms with van der Waals surface area (Å²) in [5, 5.41) is 11.7. The molecule has 0 spiro atoms. The molecule has 0 bridgehead atoms. The van der Waals surface area contributed by atoms with Crippen molar-refractivity contribution in [2.45, 2.75) is 78.2 Å². The van der Waals surface area contributed by atoms with Gasteiger partial charge in [0, 0.05) is 6.42 Å². The molecule has 0 heterocycles. The molecule has 0 aliphatic rings. The Morgan fingerprint density at radius 1 is 1.05 bits per heavy atom. The molecule has 0 aliphatic heterocycles. The van der Waals surface area contributed by atoms with E-state index in [2.05, 4.69) is 12.2 Å². The summed E-state index contributed by atoms with van der Waals surface area (Å²) in [6.45, 7) is 6.07. The first-order chi connectivity index (χ1) is 8.97. The first-order valence-electron chi connectivity index (χ1n) is 7.49. The van der Waals surface area contributed by atoms with Gasteiger partial charge in [-0.25, -0.2) is 4.79 Å². The van der Waals surface area contributed by atoms with E-state index < -0.39 is 12.0 Å². The van der Waals surface area contributed by atoms with Crippen molar-refractivity contribution in [2.75, 3.05) is 0 Å². The Hall–Kier alpha value is -1.06. The molecule has 0 saturated carbocycles. The highest BCUT2D eigenvalue weighted by atomic mass is 16.4. The number of carbonyl (C=O) groups is 2. The molecule has 1 amide bonds. The Labute approximate surface area is 117 Å². The summed E-state index contributed by atoms with van der Waals surface area (Å²) in [4.78, 5) is 22.6. The highest BCUT2D eigenvalue weighted by Crippen LogP contribution is 2.09. The van der Waals surface area contributed by atoms with Crippen LogP contribution in [0.5, 0.6) is 0 Å². The standard InChI is InChI=1S/C15H29NO3/c1-4-5-6-7-8-9-10-13(15(18)19)16-14(17)11-12(2)3/h12-13H,4-11H2,1-3H3,(H,16,17)(H,18,19)/t13-/m0/s1. The van der Waals surface area contributed by atoms with Crippen LogP contribution in [-0.2, 0) is 9.59 Å². The average Bonchev–Trinajstić information content (AvgIpc) is 2.30. The fourth-order valence-corrected chi connectivity index (χ4v) is 2.01. The summed E-state index contributed by atoms with van der Waals surface area (Å²) in [6, 6.07) is -0.725. The lowest BCUT2D eigenvalue weighted by atomic mass is 10.0. The maximum absolute atomic E-state index is 11.6. The van der Waals surface area contributed by atoms with Crippen LogP contribution in [0.15, 0.2) is 0 Å². The average molecular weight is 271 g/mol. The van der Waals surface area contributed by atoms with Crippen LogP contribution in [-0.4, -0.2) is 23.0 Å². The summed E-state index contributed by atoms with van der Waals surface area (Å²) in [6.07, 6.45) is 7.66. The van der Waals surface area contributed by atoms with Crippen molar-refractivity contribution in [2.24, 2.45) is 5.92 Å². The van der Waals surface area contributed by atoms with Gasteiger partial charge in [0.05, 0.1) is 0 Å². The van der Waals surface area contributed by atoms with Gasteiger partial charge in [0.15, 0.2) is 0 Å². The molecule has 0 radical (unpaired) electrons. The molecule has 0 aromatic heterocycles. The van der Waals surface area contributed by atoms with Crippen molar-refractivity contribution in [3.63, 3.8) is 0 Å². The Balaban J connectivity index is 3.86. The Morgan fingerprint density at radius 2 is 1.63 bits per heavy atom. The van der Waals surface area contributed by atoms with E-state index in [0.717, 1.165) is 19.3 Å². The molecule has 0 aromatic carbocycles. The minimum atomic E-state index is -0.925. The van der Waals surface area contributed by atoms with Gasteiger partial charge < -0.3 is 10.4 Å². The molecular weight excluding hydrogens is 242 g/mol. The lowest BCUT2D eigenvalue weighted by molar-refractivity contribution is -0.142. The van der Waals surface area contributed by atoms with Gasteiger partial charge in [0.1, 0.15) is 6.04 Å². The van der Waals surface area contributed by atoms with Crippen molar-refractivity contribution >= 4 is 11.9 Å². The van der Waals surface area contributed by atoms with Gasteiger partial charge in [-0.1, -0.05) is 59.3 Å². The molecule has 0 aliphatic carbocycles. The predicted molar refractivity (Wildman–Crippen MR) is 77.0 cm³/mol. The molecule has 0 fully saturated rings. The van der Waals surface area contributed by atoms with E-state index in [1.54, 1.807) is 0 Å². The molecule has 2 N–H and O–H groups in total. The molecule has 1 atom stereocenters. The Bertz CT molecular complexity index is 264. The topological polar surface area (TPSA) is 66.4 Å². The number of hydrogen-bond donors (Lipinski definition) is 2. The molecule has 4 heteroatoms. The number of carboxylic acids is 1. The number of nitrogens with one attached hydrogen (secondary N) is 1. The van der Waals surface area contributed by atoms with E-state index in [4.69, 9.17) is 5.11 Å². The monoisotopic (exact) mass is 271 g/mol. The van der Waals surface area contributed by atoms with Crippen LogP contribution >= 0.6 is 0 Å². The summed E-state index contributed by atoms with van der Waals surface area (Å²) in [5.74, 6) is -0.831. The number of carbonyl (C=O) groups excluding carboxylic acids is 1. The fourth-order valence-electron chi connectivity index (χ4n) is 2.01. The SMILES string of the molecule is CCCCCCCC[C@H](NC(=O)CC(C)C)C(=O)O. The van der Waals surface area contributed by atoms with Crippen LogP contribution in [0.25, 0.3) is 0 Å². The van der Waals surface area contributed by atoms with Gasteiger partial charge in [-0.05, 0) is 12.3 Å². The van der Waals surface area contributed by atoms with Gasteiger partial charge in [-0.3, -0.25) is 4.79 Å². The molecule has 112 valence electrons. The molecular formula is C15H29NO3. The predicted octanol–water partition coefficient (Wildman–Crippen LogP) is 3.35. The molecule has 19 heavy (non-hydrogen) atoms. The largest absolute Gasteiger partial charge is 0.480 e. The lowest BCUT2D eigenvalue weighted by Crippen LogP contribution is -2.41. The van der Waals surface area contributed by atoms with Gasteiger partial charge >= 0.3 is 5.97 Å². The van der Waals surface area contributed by atoms with Gasteiger partial charge in [0.2, 0.25) is 5.91 Å². The number of carboxylic acid groups (broad SMARTS) is 1. The third kappa shape index (κ3) is 10.5. The second-order valence-electron chi connectivity index (χ2n) is 5.61. The fraction of sp³-hybridized carbons (Fsp3) is 0.867. The summed E-state index contributed by atoms with van der Waals surface area (Å²) in [7, 11) is 0. The van der Waals surface area contributed by atoms with Crippen LogP contribution in [0.2, 0.25) is 0 Å². The number of rotatable bonds is 11. The second-order valence-corrected chi connectivity index (χ2v) is 5.61. The van der Waals surface area contributed by atoms with Crippen LogP contribution in [0.4, 0.5) is 0 Å². The van der Waals surface area contributed by atoms with E-state index in [9.17, 15) is 9.59 Å². The van der Waals surface area contributed by atoms with Gasteiger partial charge in [-0.2, -0.15) is 0 Å². The zero-order valence-electron chi connectivity index (χ0n) is 12.6. The van der Waals surface area contributed by atoms with E-state index in [1.807, 2.05) is 13.8 Å². The highest BCUT2D eigenvalue weighted by molar-refractivity contribution is 5.83. The maximum atomic E-state index is 11.6. The third-order valence-electron chi connectivity index (χ3n) is 3.07. The van der Waals surface area contributed by atoms with Gasteiger partial charge in [0.25, 0.3) is 0 Å². The Kier molecular flexibility index (Phi) is 10.2. The van der Waals surface area contributed by atoms with E-state index in [0.29, 0.717) is 12.8 Å². The summed E-state index contributed by atoms with van der Waals surface area (Å²) < 4.78 is 0. The normalized spacial score (nSPS) is 12.4. The number of unbranched alkanes of at least 4 members (excludes halogenated alkanes) is 5. The number of aliphatic carboxylic acids is 1. The van der Waals surface area contributed by atoms with Crippen LogP contribution in [0.1, 0.15) is 72.1 Å². The zero-order chi connectivity index (χ0) is 14.7. The maximum Gasteiger partial charge on any atom is 0.326 e. The van der Waals surface area contributed by atoms with E-state index >= 15 is 0 Å². The van der Waals surface area contributed by atoms with Crippen molar-refractivity contribution in [3.8, 4) is 0 Å². The van der Waals surface area contributed by atoms with E-state index in [-0.39, 0.29) is 11.8 Å². The quantitative estimate of drug-likeness (QED) is 0.566. The molecule has 0 aromatic rings. The van der Waals surface area contributed by atoms with Crippen LogP contribution in [0.3, 0.4) is 0 Å². The van der Waals surface area contributed by atoms with E-state index in [1.165, 1.54) is 19.3 Å². The molecule has 0 rings (SSSR count). The number of amides is 1. The zero-order valence-corrected chi connectivity index (χ0v) is 12.6. The van der Waals surface area contributed by atoms with Crippen molar-refractivity contribution in [3.05, 3.63) is 0 Å². The van der Waals surface area contributed by atoms with Crippen molar-refractivity contribution < 1.29 is 14.7 Å². The first-order valence-corrected chi connectivity index (χ1v) is 7.49. The Morgan fingerprint density at radius 3 is 2.16 bits per heavy atom. The van der Waals surface area contributed by atoms with Crippen LogP contribution in [0, 0.1) is 5.92 Å². The molecule has 0 unspecified atom stereocenters.